The fourth-order valence-corrected chi connectivity index (χ4v) is 12.7. The van der Waals surface area contributed by atoms with Crippen LogP contribution in [0.1, 0.15) is 135 Å². The third-order valence-corrected chi connectivity index (χ3v) is 19.4. The molecule has 0 amide bonds. The molecule has 68 heavy (non-hydrogen) atoms. The van der Waals surface area contributed by atoms with Gasteiger partial charge in [-0.3, -0.25) is 0 Å². The van der Waals surface area contributed by atoms with E-state index in [9.17, 15) is 0 Å². The number of nitrogens with zero attached hydrogens (tertiary/aromatic N) is 3. The van der Waals surface area contributed by atoms with Gasteiger partial charge in [-0.05, 0) is 207 Å². The van der Waals surface area contributed by atoms with Gasteiger partial charge in [-0.1, -0.05) is 0 Å². The molecule has 0 N–H and O–H groups in total. The van der Waals surface area contributed by atoms with Crippen LogP contribution in [0.4, 0.5) is 0 Å². The zero-order chi connectivity index (χ0) is 49.4. The van der Waals surface area contributed by atoms with E-state index in [0.717, 1.165) is 6.54 Å². The molecular formula is C63H81LaN3Xe-2. The number of hydrogen-bond acceptors (Lipinski definition) is 0. The van der Waals surface area contributed by atoms with Crippen LogP contribution >= 0.6 is 0 Å². The van der Waals surface area contributed by atoms with Gasteiger partial charge in [-0.15, -0.1) is 0 Å². The third kappa shape index (κ3) is 8.05. The van der Waals surface area contributed by atoms with E-state index in [1.807, 2.05) is 0 Å². The minimum Gasteiger partial charge on any atom is -0.358 e. The van der Waals surface area contributed by atoms with Gasteiger partial charge in [0.1, 0.15) is 0 Å². The van der Waals surface area contributed by atoms with E-state index in [1.165, 1.54) is 193 Å². The average Bonchev–Trinajstić information content (AvgIpc) is 3.97. The summed E-state index contributed by atoms with van der Waals surface area (Å²) < 4.78 is 6.33. The molecule has 5 heteroatoms. The second-order valence-electron chi connectivity index (χ2n) is 20.4. The van der Waals surface area contributed by atoms with E-state index in [-0.39, 0.29) is 43.0 Å². The summed E-state index contributed by atoms with van der Waals surface area (Å²) in [5.41, 5.74) is 40.7. The van der Waals surface area contributed by atoms with E-state index in [4.69, 9.17) is 4.98 Å². The van der Waals surface area contributed by atoms with Gasteiger partial charge in [0.25, 0.3) is 0 Å². The van der Waals surface area contributed by atoms with Crippen molar-refractivity contribution in [2.24, 2.45) is 7.05 Å². The van der Waals surface area contributed by atoms with Crippen LogP contribution in [0, 0.1) is 249 Å². The van der Waals surface area contributed by atoms with Crippen molar-refractivity contribution in [3.63, 3.8) is 0 Å². The Morgan fingerprint density at radius 1 is 0.309 bits per heavy atom. The van der Waals surface area contributed by atoms with Crippen LogP contribution in [-0.2, 0) is 13.6 Å². The largest absolute Gasteiger partial charge is 0.358 e. The smallest absolute Gasteiger partial charge is 0.0524 e. The van der Waals surface area contributed by atoms with Crippen LogP contribution in [0.15, 0.2) is 0 Å². The zero-order valence-corrected chi connectivity index (χ0v) is 52.8. The van der Waals surface area contributed by atoms with Gasteiger partial charge in [0.2, 0.25) is 0 Å². The molecule has 0 atom stereocenters. The Morgan fingerprint density at radius 2 is 0.544 bits per heavy atom. The van der Waals surface area contributed by atoms with Gasteiger partial charge < -0.3 is 16.6 Å². The van der Waals surface area contributed by atoms with Crippen LogP contribution in [-0.4, -0.2) is 9.13 Å². The molecule has 3 heterocycles. The van der Waals surface area contributed by atoms with Crippen LogP contribution in [0.5, 0.6) is 0 Å². The summed E-state index contributed by atoms with van der Waals surface area (Å²) >= 11 is 2.50. The first-order valence-corrected chi connectivity index (χ1v) is 25.3. The molecule has 0 spiro atoms. The molecule has 0 bridgehead atoms. The predicted octanol–water partition coefficient (Wildman–Crippen LogP) is 16.5. The minimum absolute atomic E-state index is 0. The quantitative estimate of drug-likeness (QED) is 0.150. The molecule has 9 aromatic rings. The van der Waals surface area contributed by atoms with Crippen LogP contribution in [0.3, 0.4) is 0 Å². The summed E-state index contributed by atoms with van der Waals surface area (Å²) in [6, 6.07) is 0. The standard InChI is InChI=1S/C22H29N.C21H27N.C19H22NXe.CH3.La/c1-10-23-21-17(8)13(4)11(2)15(6)19(21)20-16(7)12(3)14(5)18(9)22(20)23;1-10-12(3)16(7)20-18(14(10)5)19-15(6)11(2)13(4)17(8)21(19)22(20)9;1-8-9(2)12(5)17-15(11(8)4)16-18(20-17)13(6)10(3)14(7)19(16)21;;/h10H2,1-9H3;1-9H3;21H,1-7H3;1H3;/q;;2*-1;. The number of rotatable bonds is 1. The second-order valence-corrected chi connectivity index (χ2v) is 21.5. The van der Waals surface area contributed by atoms with Crippen LogP contribution < -0.4 is 5.02 Å². The molecule has 0 saturated heterocycles. The average molecular weight is 1150 g/mol. The van der Waals surface area contributed by atoms with Crippen molar-refractivity contribution >= 4 is 65.4 Å². The summed E-state index contributed by atoms with van der Waals surface area (Å²) in [7, 11) is 2.23. The number of aromatic nitrogens is 3. The van der Waals surface area contributed by atoms with Crippen LogP contribution in [0.2, 0.25) is 0 Å². The summed E-state index contributed by atoms with van der Waals surface area (Å²) in [4.78, 5) is 5.04. The fourth-order valence-electron chi connectivity index (χ4n) is 11.8. The summed E-state index contributed by atoms with van der Waals surface area (Å²) in [6.07, 6.45) is 0. The summed E-state index contributed by atoms with van der Waals surface area (Å²) in [5.74, 6) is 0. The molecule has 3 nitrogen and oxygen atoms in total. The Hall–Kier alpha value is -2.51. The van der Waals surface area contributed by atoms with Gasteiger partial charge in [0, 0.05) is 70.7 Å². The molecule has 6 aromatic carbocycles. The van der Waals surface area contributed by atoms with E-state index in [2.05, 4.69) is 229 Å². The Labute approximate surface area is 471 Å². The molecule has 0 unspecified atom stereocenters. The topological polar surface area (TPSA) is 24.0 Å². The molecule has 0 fully saturated rings. The third-order valence-electron chi connectivity index (χ3n) is 18.0. The van der Waals surface area contributed by atoms with E-state index >= 15 is 0 Å². The van der Waals surface area contributed by atoms with Crippen molar-refractivity contribution in [1.29, 1.82) is 0 Å². The maximum atomic E-state index is 5.04. The van der Waals surface area contributed by atoms with E-state index in [0.29, 0.717) is 0 Å². The van der Waals surface area contributed by atoms with Crippen molar-refractivity contribution in [3.05, 3.63) is 135 Å². The van der Waals surface area contributed by atoms with Gasteiger partial charge in [-0.2, -0.15) is 0 Å². The van der Waals surface area contributed by atoms with Gasteiger partial charge in [0.05, 0.1) is 22.1 Å². The zero-order valence-electron chi connectivity index (χ0n) is 47.0. The molecule has 0 saturated carbocycles. The number of benzene rings is 6. The monoisotopic (exact) mass is 1150 g/mol. The molecule has 1 radical (unpaired) electrons. The van der Waals surface area contributed by atoms with Crippen molar-refractivity contribution in [2.75, 3.05) is 0 Å². The number of fused-ring (bicyclic) bond motifs is 9. The van der Waals surface area contributed by atoms with Crippen molar-refractivity contribution in [2.45, 2.75) is 173 Å². The summed E-state index contributed by atoms with van der Waals surface area (Å²) in [6.45, 7) is 55.2. The number of aryl methyl sites for hydroxylation is 13. The van der Waals surface area contributed by atoms with Crippen molar-refractivity contribution in [3.8, 4) is 0 Å². The Morgan fingerprint density at radius 3 is 0.868 bits per heavy atom. The normalized spacial score (nSPS) is 11.5. The second kappa shape index (κ2) is 20.2. The predicted molar refractivity (Wildman–Crippen MR) is 297 cm³/mol. The van der Waals surface area contributed by atoms with Gasteiger partial charge in [0.15, 0.2) is 0 Å². The molecular weight excluding hydrogens is 1070 g/mol. The fraction of sp³-hybridized carbons (Fsp3) is 0.413. The maximum Gasteiger partial charge on any atom is 0.0524 e. The van der Waals surface area contributed by atoms with Crippen molar-refractivity contribution < 1.29 is 82.1 Å². The van der Waals surface area contributed by atoms with Gasteiger partial charge >= 0.3 is 161 Å². The first-order chi connectivity index (χ1) is 30.7. The molecule has 3 aromatic heterocycles. The first-order valence-electron chi connectivity index (χ1n) is 24.3. The Balaban J connectivity index is 0.000000188. The Bertz CT molecular complexity index is 3370. The van der Waals surface area contributed by atoms with Crippen LogP contribution in [0.25, 0.3) is 65.4 Å². The van der Waals surface area contributed by atoms with E-state index < -0.39 is 0 Å². The molecule has 0 aliphatic rings. The molecule has 361 valence electrons. The van der Waals surface area contributed by atoms with Gasteiger partial charge in [-0.25, -0.2) is 0 Å². The van der Waals surface area contributed by atoms with E-state index in [1.54, 1.807) is 0 Å². The SMILES string of the molecule is CCn1c2c(C)c(C)c(C)c(C)c2c2c(C)c(C)c(C)c(C)c21.Cc1c(C)c(C)c2c([n-]c3c(C)c(C)c(C)c([XeH])c32)c1C.Cc1c(C)c(C)c2c(c1C)c1c(C)c(C)c(C)c(C)c1n2C.[CH3-].[La]. The Kier molecular flexibility index (Phi) is 16.7. The maximum absolute atomic E-state index is 5.04. The molecule has 0 aliphatic carbocycles. The first kappa shape index (κ1) is 56.4. The number of hydrogen-bond donors (Lipinski definition) is 0. The molecule has 0 aliphatic heterocycles. The molecule has 9 rings (SSSR count). The van der Waals surface area contributed by atoms with Crippen molar-refractivity contribution in [1.82, 2.24) is 14.1 Å². The minimum atomic E-state index is 0. The summed E-state index contributed by atoms with van der Waals surface area (Å²) in [5, 5.41) is 8.59.